The minimum atomic E-state index is -0.475. The van der Waals surface area contributed by atoms with Gasteiger partial charge in [-0.2, -0.15) is 0 Å². The van der Waals surface area contributed by atoms with Crippen molar-refractivity contribution in [2.24, 2.45) is 0 Å². The molecule has 0 atom stereocenters. The van der Waals surface area contributed by atoms with Crippen LogP contribution in [0, 0.1) is 0 Å². The molecule has 0 aliphatic rings. The molecule has 0 aliphatic heterocycles. The first kappa shape index (κ1) is 18.5. The lowest BCUT2D eigenvalue weighted by molar-refractivity contribution is -0.143. The Bertz CT molecular complexity index is 668. The van der Waals surface area contributed by atoms with E-state index in [1.807, 2.05) is 30.3 Å². The van der Waals surface area contributed by atoms with Crippen LogP contribution in [0.4, 0.5) is 0 Å². The van der Waals surface area contributed by atoms with Gasteiger partial charge in [-0.25, -0.2) is 0 Å². The molecular weight excluding hydrogens is 318 g/mol. The molecule has 0 heterocycles. The van der Waals surface area contributed by atoms with Crippen LogP contribution in [-0.2, 0) is 16.1 Å². The van der Waals surface area contributed by atoms with Gasteiger partial charge in [0.1, 0.15) is 18.9 Å². The Labute approximate surface area is 148 Å². The number of hydrogen-bond donors (Lipinski definition) is 1. The van der Waals surface area contributed by atoms with Crippen LogP contribution >= 0.6 is 0 Å². The summed E-state index contributed by atoms with van der Waals surface area (Å²) in [6, 6.07) is 16.2. The number of unbranched alkanes of at least 4 members (excludes halogenated alkanes) is 1. The van der Waals surface area contributed by atoms with Gasteiger partial charge in [-0.05, 0) is 36.2 Å². The van der Waals surface area contributed by atoms with Crippen molar-refractivity contribution in [1.82, 2.24) is 5.32 Å². The predicted octanol–water partition coefficient (Wildman–Crippen LogP) is 3.34. The molecule has 1 N–H and O–H groups in total. The van der Waals surface area contributed by atoms with Gasteiger partial charge in [0.15, 0.2) is 0 Å². The average molecular weight is 341 g/mol. The summed E-state index contributed by atoms with van der Waals surface area (Å²) in [5.74, 6) is -0.0687. The monoisotopic (exact) mass is 341 g/mol. The molecule has 132 valence electrons. The molecule has 5 heteroatoms. The Morgan fingerprint density at radius 1 is 1.00 bits per heavy atom. The van der Waals surface area contributed by atoms with Crippen molar-refractivity contribution in [3.63, 3.8) is 0 Å². The van der Waals surface area contributed by atoms with Crippen molar-refractivity contribution in [1.29, 1.82) is 0 Å². The molecule has 0 aliphatic carbocycles. The number of benzene rings is 2. The van der Waals surface area contributed by atoms with Crippen LogP contribution in [0.25, 0.3) is 0 Å². The second-order valence-electron chi connectivity index (χ2n) is 5.56. The molecule has 2 aromatic rings. The van der Waals surface area contributed by atoms with Crippen molar-refractivity contribution < 1.29 is 19.1 Å². The first-order valence-corrected chi connectivity index (χ1v) is 8.39. The number of carbonyl (C=O) groups is 2. The SMILES string of the molecule is CCCCOc1ccc(C(=O)NCC(=O)OCc2ccccc2)cc1. The van der Waals surface area contributed by atoms with Crippen LogP contribution < -0.4 is 10.1 Å². The molecule has 0 bridgehead atoms. The third-order valence-corrected chi connectivity index (χ3v) is 3.52. The standard InChI is InChI=1S/C20H23NO4/c1-2-3-13-24-18-11-9-17(10-12-18)20(23)21-14-19(22)25-15-16-7-5-4-6-8-16/h4-12H,2-3,13-15H2,1H3,(H,21,23). The number of rotatable bonds is 9. The molecule has 1 amide bonds. The molecule has 0 spiro atoms. The molecule has 2 aromatic carbocycles. The molecule has 0 saturated carbocycles. The first-order chi connectivity index (χ1) is 12.2. The molecule has 0 unspecified atom stereocenters. The highest BCUT2D eigenvalue weighted by Gasteiger charge is 2.09. The quantitative estimate of drug-likeness (QED) is 0.561. The van der Waals surface area contributed by atoms with Crippen LogP contribution in [0.5, 0.6) is 5.75 Å². The minimum Gasteiger partial charge on any atom is -0.494 e. The molecule has 0 aromatic heterocycles. The molecule has 0 radical (unpaired) electrons. The van der Waals surface area contributed by atoms with E-state index in [1.165, 1.54) is 0 Å². The first-order valence-electron chi connectivity index (χ1n) is 8.39. The second kappa shape index (κ2) is 10.1. The summed E-state index contributed by atoms with van der Waals surface area (Å²) in [5.41, 5.74) is 1.37. The van der Waals surface area contributed by atoms with Crippen molar-refractivity contribution in [2.45, 2.75) is 26.4 Å². The predicted molar refractivity (Wildman–Crippen MR) is 95.4 cm³/mol. The van der Waals surface area contributed by atoms with Gasteiger partial charge in [-0.15, -0.1) is 0 Å². The van der Waals surface area contributed by atoms with Gasteiger partial charge in [0.25, 0.3) is 5.91 Å². The fourth-order valence-corrected chi connectivity index (χ4v) is 2.08. The van der Waals surface area contributed by atoms with Gasteiger partial charge < -0.3 is 14.8 Å². The second-order valence-corrected chi connectivity index (χ2v) is 5.56. The normalized spacial score (nSPS) is 10.1. The maximum absolute atomic E-state index is 12.0. The summed E-state index contributed by atoms with van der Waals surface area (Å²) in [6.07, 6.45) is 2.06. The van der Waals surface area contributed by atoms with E-state index < -0.39 is 5.97 Å². The van der Waals surface area contributed by atoms with Gasteiger partial charge in [0.2, 0.25) is 0 Å². The number of nitrogens with one attached hydrogen (secondary N) is 1. The van der Waals surface area contributed by atoms with E-state index in [4.69, 9.17) is 9.47 Å². The summed E-state index contributed by atoms with van der Waals surface area (Å²) in [7, 11) is 0. The van der Waals surface area contributed by atoms with E-state index in [0.717, 1.165) is 24.2 Å². The van der Waals surface area contributed by atoms with Gasteiger partial charge >= 0.3 is 5.97 Å². The summed E-state index contributed by atoms with van der Waals surface area (Å²) in [6.45, 7) is 2.79. The van der Waals surface area contributed by atoms with Crippen LogP contribution in [-0.4, -0.2) is 25.0 Å². The van der Waals surface area contributed by atoms with E-state index in [-0.39, 0.29) is 19.1 Å². The van der Waals surface area contributed by atoms with Gasteiger partial charge in [0.05, 0.1) is 6.61 Å². The molecule has 5 nitrogen and oxygen atoms in total. The highest BCUT2D eigenvalue weighted by Crippen LogP contribution is 2.12. The Hall–Kier alpha value is -2.82. The average Bonchev–Trinajstić information content (AvgIpc) is 2.66. The van der Waals surface area contributed by atoms with Crippen LogP contribution in [0.2, 0.25) is 0 Å². The van der Waals surface area contributed by atoms with Crippen molar-refractivity contribution in [2.75, 3.05) is 13.2 Å². The van der Waals surface area contributed by atoms with Crippen LogP contribution in [0.15, 0.2) is 54.6 Å². The molecule has 0 saturated heterocycles. The fraction of sp³-hybridized carbons (Fsp3) is 0.300. The van der Waals surface area contributed by atoms with Crippen molar-refractivity contribution in [3.8, 4) is 5.75 Å². The van der Waals surface area contributed by atoms with E-state index in [1.54, 1.807) is 24.3 Å². The Balaban J connectivity index is 1.72. The Kier molecular flexibility index (Phi) is 7.50. The zero-order chi connectivity index (χ0) is 17.9. The van der Waals surface area contributed by atoms with E-state index in [2.05, 4.69) is 12.2 Å². The molecular formula is C20H23NO4. The zero-order valence-electron chi connectivity index (χ0n) is 14.4. The topological polar surface area (TPSA) is 64.6 Å². The van der Waals surface area contributed by atoms with E-state index in [9.17, 15) is 9.59 Å². The summed E-state index contributed by atoms with van der Waals surface area (Å²) in [4.78, 5) is 23.7. The lowest BCUT2D eigenvalue weighted by atomic mass is 10.2. The van der Waals surface area contributed by atoms with E-state index >= 15 is 0 Å². The number of ether oxygens (including phenoxy) is 2. The highest BCUT2D eigenvalue weighted by molar-refractivity contribution is 5.96. The highest BCUT2D eigenvalue weighted by atomic mass is 16.5. The fourth-order valence-electron chi connectivity index (χ4n) is 2.08. The summed E-state index contributed by atoms with van der Waals surface area (Å²) < 4.78 is 10.7. The maximum Gasteiger partial charge on any atom is 0.325 e. The zero-order valence-corrected chi connectivity index (χ0v) is 14.4. The lowest BCUT2D eigenvalue weighted by Gasteiger charge is -2.08. The minimum absolute atomic E-state index is 0.166. The molecule has 0 fully saturated rings. The van der Waals surface area contributed by atoms with Gasteiger partial charge in [-0.3, -0.25) is 9.59 Å². The summed E-state index contributed by atoms with van der Waals surface area (Å²) in [5, 5.41) is 2.55. The van der Waals surface area contributed by atoms with Crippen molar-refractivity contribution >= 4 is 11.9 Å². The van der Waals surface area contributed by atoms with Gasteiger partial charge in [-0.1, -0.05) is 43.7 Å². The molecule has 2 rings (SSSR count). The number of hydrogen-bond acceptors (Lipinski definition) is 4. The number of esters is 1. The van der Waals surface area contributed by atoms with E-state index in [0.29, 0.717) is 12.2 Å². The smallest absolute Gasteiger partial charge is 0.325 e. The summed E-state index contributed by atoms with van der Waals surface area (Å²) >= 11 is 0. The van der Waals surface area contributed by atoms with Crippen LogP contribution in [0.3, 0.4) is 0 Å². The third kappa shape index (κ3) is 6.67. The Morgan fingerprint density at radius 3 is 2.40 bits per heavy atom. The number of amides is 1. The largest absolute Gasteiger partial charge is 0.494 e. The third-order valence-electron chi connectivity index (χ3n) is 3.52. The number of carbonyl (C=O) groups excluding carboxylic acids is 2. The Morgan fingerprint density at radius 2 is 1.72 bits per heavy atom. The van der Waals surface area contributed by atoms with Crippen LogP contribution in [0.1, 0.15) is 35.7 Å². The van der Waals surface area contributed by atoms with Crippen molar-refractivity contribution in [3.05, 3.63) is 65.7 Å². The van der Waals surface area contributed by atoms with Gasteiger partial charge in [0, 0.05) is 5.56 Å². The molecule has 25 heavy (non-hydrogen) atoms. The maximum atomic E-state index is 12.0. The lowest BCUT2D eigenvalue weighted by Crippen LogP contribution is -2.30.